The highest BCUT2D eigenvalue weighted by atomic mass is 14.8. The van der Waals surface area contributed by atoms with E-state index in [1.54, 1.807) is 0 Å². The minimum atomic E-state index is 0.825. The van der Waals surface area contributed by atoms with Crippen LogP contribution in [-0.2, 0) is 0 Å². The van der Waals surface area contributed by atoms with Gasteiger partial charge in [0.2, 0.25) is 0 Å². The molecule has 6 aromatic heterocycles. The molecule has 6 heterocycles. The Morgan fingerprint density at radius 3 is 1.35 bits per heavy atom. The molecule has 10 rings (SSSR count). The summed E-state index contributed by atoms with van der Waals surface area (Å²) < 4.78 is 0. The van der Waals surface area contributed by atoms with E-state index in [1.165, 1.54) is 0 Å². The van der Waals surface area contributed by atoms with Crippen LogP contribution >= 0.6 is 0 Å². The van der Waals surface area contributed by atoms with Crippen molar-refractivity contribution in [3.63, 3.8) is 0 Å². The molecule has 10 aromatic rings. The Morgan fingerprint density at radius 1 is 0.292 bits per heavy atom. The average Bonchev–Trinajstić information content (AvgIpc) is 3.16. The monoisotopic (exact) mass is 612 g/mol. The number of aromatic nitrogens is 6. The molecule has 0 fully saturated rings. The maximum absolute atomic E-state index is 5.06. The molecule has 0 aliphatic carbocycles. The van der Waals surface area contributed by atoms with Crippen LogP contribution in [0.15, 0.2) is 146 Å². The second-order valence-corrected chi connectivity index (χ2v) is 12.0. The third-order valence-corrected chi connectivity index (χ3v) is 9.10. The fraction of sp³-hybridized carbons (Fsp3) is 0. The van der Waals surface area contributed by atoms with Crippen LogP contribution < -0.4 is 0 Å². The summed E-state index contributed by atoms with van der Waals surface area (Å²) in [5.41, 5.74) is 10.9. The Labute approximate surface area is 274 Å². The second kappa shape index (κ2) is 10.4. The predicted octanol–water partition coefficient (Wildman–Crippen LogP) is 9.98. The Balaban J connectivity index is 1.01. The summed E-state index contributed by atoms with van der Waals surface area (Å²) in [6, 6.07) is 45.8. The van der Waals surface area contributed by atoms with E-state index in [2.05, 4.69) is 107 Å². The summed E-state index contributed by atoms with van der Waals surface area (Å²) in [5, 5.41) is 6.41. The first-order chi connectivity index (χ1) is 23.7. The zero-order chi connectivity index (χ0) is 31.6. The van der Waals surface area contributed by atoms with Gasteiger partial charge in [0.15, 0.2) is 0 Å². The molecule has 0 amide bonds. The Kier molecular flexibility index (Phi) is 5.77. The first-order valence-corrected chi connectivity index (χ1v) is 15.9. The summed E-state index contributed by atoms with van der Waals surface area (Å²) in [5.74, 6) is 0. The van der Waals surface area contributed by atoms with Gasteiger partial charge in [0.05, 0.1) is 55.9 Å². The molecule has 0 aliphatic rings. The molecule has 0 N–H and O–H groups in total. The molecule has 6 heteroatoms. The lowest BCUT2D eigenvalue weighted by Gasteiger charge is -2.09. The topological polar surface area (TPSA) is 77.3 Å². The zero-order valence-electron chi connectivity index (χ0n) is 25.5. The van der Waals surface area contributed by atoms with Gasteiger partial charge in [-0.3, -0.25) is 9.97 Å². The number of nitrogens with zero attached hydrogens (tertiary/aromatic N) is 6. The van der Waals surface area contributed by atoms with Crippen LogP contribution in [-0.4, -0.2) is 29.9 Å². The summed E-state index contributed by atoms with van der Waals surface area (Å²) in [4.78, 5) is 29.3. The summed E-state index contributed by atoms with van der Waals surface area (Å²) in [6.45, 7) is 0. The summed E-state index contributed by atoms with van der Waals surface area (Å²) in [7, 11) is 0. The van der Waals surface area contributed by atoms with E-state index in [4.69, 9.17) is 19.9 Å². The van der Waals surface area contributed by atoms with E-state index in [-0.39, 0.29) is 0 Å². The third-order valence-electron chi connectivity index (χ3n) is 9.10. The van der Waals surface area contributed by atoms with E-state index in [1.807, 2.05) is 48.8 Å². The van der Waals surface area contributed by atoms with Crippen LogP contribution in [0, 0.1) is 0 Å². The first-order valence-electron chi connectivity index (χ1n) is 15.9. The number of pyridine rings is 6. The highest BCUT2D eigenvalue weighted by Gasteiger charge is 2.11. The van der Waals surface area contributed by atoms with Gasteiger partial charge in [0.25, 0.3) is 0 Å². The van der Waals surface area contributed by atoms with Gasteiger partial charge in [-0.2, -0.15) is 0 Å². The predicted molar refractivity (Wildman–Crippen MR) is 195 cm³/mol. The van der Waals surface area contributed by atoms with Gasteiger partial charge < -0.3 is 0 Å². The molecule has 222 valence electrons. The lowest BCUT2D eigenvalue weighted by molar-refractivity contribution is 1.31. The number of fused-ring (bicyclic) bond motifs is 8. The van der Waals surface area contributed by atoms with Crippen LogP contribution in [0.4, 0.5) is 0 Å². The molecule has 0 aliphatic heterocycles. The summed E-state index contributed by atoms with van der Waals surface area (Å²) in [6.07, 6.45) is 3.63. The molecule has 0 atom stereocenters. The molecule has 0 spiro atoms. The van der Waals surface area contributed by atoms with E-state index < -0.39 is 0 Å². The fourth-order valence-corrected chi connectivity index (χ4v) is 6.62. The van der Waals surface area contributed by atoms with Gasteiger partial charge in [-0.15, -0.1) is 0 Å². The van der Waals surface area contributed by atoms with Crippen LogP contribution in [0.2, 0.25) is 0 Å². The van der Waals surface area contributed by atoms with Crippen molar-refractivity contribution >= 4 is 65.4 Å². The van der Waals surface area contributed by atoms with Gasteiger partial charge in [0.1, 0.15) is 0 Å². The highest BCUT2D eigenvalue weighted by Crippen LogP contribution is 2.31. The molecule has 0 saturated carbocycles. The number of rotatable bonds is 3. The molecule has 0 saturated heterocycles. The van der Waals surface area contributed by atoms with Gasteiger partial charge in [0, 0.05) is 44.7 Å². The van der Waals surface area contributed by atoms with Gasteiger partial charge >= 0.3 is 0 Å². The Morgan fingerprint density at radius 2 is 0.729 bits per heavy atom. The van der Waals surface area contributed by atoms with Crippen LogP contribution in [0.3, 0.4) is 0 Å². The van der Waals surface area contributed by atoms with Crippen molar-refractivity contribution in [1.29, 1.82) is 0 Å². The van der Waals surface area contributed by atoms with E-state index in [9.17, 15) is 0 Å². The minimum Gasteiger partial charge on any atom is -0.254 e. The maximum atomic E-state index is 5.06. The van der Waals surface area contributed by atoms with Gasteiger partial charge in [-0.25, -0.2) is 19.9 Å². The lowest BCUT2D eigenvalue weighted by atomic mass is 10.0. The quantitative estimate of drug-likeness (QED) is 0.185. The molecule has 4 aromatic carbocycles. The third kappa shape index (κ3) is 4.35. The number of hydrogen-bond donors (Lipinski definition) is 0. The minimum absolute atomic E-state index is 0.825. The van der Waals surface area contributed by atoms with E-state index >= 15 is 0 Å². The first kappa shape index (κ1) is 26.5. The standard InChI is InChI=1S/C42H24N6/c1-3-26-6-8-28-12-18-36(47-41(28)39(26)43-21-1)34-20-15-32-23-30(14-16-33(32)45-34)31-10-5-25-11-17-35(46-38(25)24-31)37-19-13-29-9-7-27-4-2-22-44-40(27)42(29)48-37/h1-24H. The smallest absolute Gasteiger partial charge is 0.0972 e. The number of benzene rings is 4. The summed E-state index contributed by atoms with van der Waals surface area (Å²) >= 11 is 0. The van der Waals surface area contributed by atoms with Crippen molar-refractivity contribution in [2.24, 2.45) is 0 Å². The van der Waals surface area contributed by atoms with Crippen LogP contribution in [0.1, 0.15) is 0 Å². The molecular weight excluding hydrogens is 589 g/mol. The Bertz CT molecular complexity index is 2920. The normalized spacial score (nSPS) is 11.8. The van der Waals surface area contributed by atoms with Crippen molar-refractivity contribution in [3.05, 3.63) is 146 Å². The Hall–Kier alpha value is -6.66. The van der Waals surface area contributed by atoms with Crippen LogP contribution in [0.5, 0.6) is 0 Å². The molecule has 0 unspecified atom stereocenters. The lowest BCUT2D eigenvalue weighted by Crippen LogP contribution is -1.92. The van der Waals surface area contributed by atoms with Crippen molar-refractivity contribution in [2.75, 3.05) is 0 Å². The van der Waals surface area contributed by atoms with Gasteiger partial charge in [-0.05, 0) is 65.7 Å². The van der Waals surface area contributed by atoms with Crippen molar-refractivity contribution in [3.8, 4) is 33.9 Å². The largest absolute Gasteiger partial charge is 0.254 e. The van der Waals surface area contributed by atoms with Crippen molar-refractivity contribution in [1.82, 2.24) is 29.9 Å². The number of hydrogen-bond acceptors (Lipinski definition) is 6. The second-order valence-electron chi connectivity index (χ2n) is 12.0. The molecule has 0 bridgehead atoms. The molecule has 48 heavy (non-hydrogen) atoms. The fourth-order valence-electron chi connectivity index (χ4n) is 6.62. The molecule has 0 radical (unpaired) electrons. The van der Waals surface area contributed by atoms with Crippen molar-refractivity contribution < 1.29 is 0 Å². The van der Waals surface area contributed by atoms with Gasteiger partial charge in [-0.1, -0.05) is 78.9 Å². The molecular formula is C42H24N6. The maximum Gasteiger partial charge on any atom is 0.0972 e. The zero-order valence-corrected chi connectivity index (χ0v) is 25.5. The average molecular weight is 613 g/mol. The highest BCUT2D eigenvalue weighted by molar-refractivity contribution is 6.04. The molecule has 6 nitrogen and oxygen atoms in total. The SMILES string of the molecule is c1cnc2c(c1)ccc1ccc(-c3ccc4cc(-c5ccc6ccc(-c7ccc8ccc9cccnc9c8n7)nc6c5)ccc4n3)nc12. The van der Waals surface area contributed by atoms with E-state index in [0.29, 0.717) is 0 Å². The van der Waals surface area contributed by atoms with Crippen LogP contribution in [0.25, 0.3) is 99.3 Å². The van der Waals surface area contributed by atoms with E-state index in [0.717, 1.165) is 99.3 Å². The van der Waals surface area contributed by atoms with Crippen molar-refractivity contribution in [2.45, 2.75) is 0 Å².